The van der Waals surface area contributed by atoms with Gasteiger partial charge in [0.25, 0.3) is 0 Å². The predicted octanol–water partition coefficient (Wildman–Crippen LogP) is 3.44. The highest BCUT2D eigenvalue weighted by atomic mass is 28.4. The molecular weight excluding hydrogens is 296 g/mol. The molecule has 0 spiro atoms. The third-order valence-electron chi connectivity index (χ3n) is 4.43. The van der Waals surface area contributed by atoms with Gasteiger partial charge in [0, 0.05) is 13.5 Å². The van der Waals surface area contributed by atoms with Crippen LogP contribution in [0.15, 0.2) is 6.20 Å². The molecule has 0 aliphatic carbocycles. The number of nitrogens with zero attached hydrogens (tertiary/aromatic N) is 2. The van der Waals surface area contributed by atoms with Crippen molar-refractivity contribution in [2.24, 2.45) is 7.05 Å². The molecule has 6 heteroatoms. The summed E-state index contributed by atoms with van der Waals surface area (Å²) in [7, 11) is 0.206. The van der Waals surface area contributed by atoms with Crippen molar-refractivity contribution in [1.29, 1.82) is 0 Å². The Morgan fingerprint density at radius 3 is 2.55 bits per heavy atom. The van der Waals surface area contributed by atoms with Gasteiger partial charge in [0.15, 0.2) is 8.32 Å². The van der Waals surface area contributed by atoms with Gasteiger partial charge in [0.05, 0.1) is 31.5 Å². The van der Waals surface area contributed by atoms with E-state index in [1.165, 1.54) is 0 Å². The number of ether oxygens (including phenoxy) is 1. The van der Waals surface area contributed by atoms with Gasteiger partial charge in [-0.2, -0.15) is 0 Å². The van der Waals surface area contributed by atoms with E-state index in [2.05, 4.69) is 38.8 Å². The molecule has 5 nitrogen and oxygen atoms in total. The van der Waals surface area contributed by atoms with Crippen LogP contribution in [-0.4, -0.2) is 30.4 Å². The second kappa shape index (κ2) is 7.42. The Hall–Kier alpha value is -1.14. The fourth-order valence-corrected chi connectivity index (χ4v) is 2.71. The summed E-state index contributed by atoms with van der Waals surface area (Å²) in [5.74, 6) is 0.714. The minimum absolute atomic E-state index is 0.176. The molecule has 1 aromatic heterocycles. The van der Waals surface area contributed by atoms with Gasteiger partial charge in [-0.25, -0.2) is 4.98 Å². The monoisotopic (exact) mass is 326 g/mol. The van der Waals surface area contributed by atoms with Crippen LogP contribution >= 0.6 is 0 Å². The lowest BCUT2D eigenvalue weighted by Gasteiger charge is -2.36. The molecule has 0 unspecified atom stereocenters. The van der Waals surface area contributed by atoms with E-state index >= 15 is 0 Å². The molecule has 1 rings (SSSR count). The lowest BCUT2D eigenvalue weighted by Crippen LogP contribution is -2.40. The highest BCUT2D eigenvalue weighted by Crippen LogP contribution is 2.37. The quantitative estimate of drug-likeness (QED) is 0.569. The van der Waals surface area contributed by atoms with Crippen LogP contribution in [-0.2, 0) is 34.0 Å². The van der Waals surface area contributed by atoms with Gasteiger partial charge >= 0.3 is 5.97 Å². The van der Waals surface area contributed by atoms with Crippen LogP contribution in [0.1, 0.15) is 45.6 Å². The molecule has 0 bridgehead atoms. The summed E-state index contributed by atoms with van der Waals surface area (Å²) in [5.41, 5.74) is 1.05. The molecule has 0 aromatic carbocycles. The first kappa shape index (κ1) is 18.9. The van der Waals surface area contributed by atoms with E-state index in [0.717, 1.165) is 11.5 Å². The van der Waals surface area contributed by atoms with Gasteiger partial charge in [-0.3, -0.25) is 4.79 Å². The van der Waals surface area contributed by atoms with E-state index in [1.54, 1.807) is 0 Å². The molecule has 0 atom stereocenters. The molecular formula is C16H30N2O3Si. The summed E-state index contributed by atoms with van der Waals surface area (Å²) in [6.07, 6.45) is 2.80. The van der Waals surface area contributed by atoms with Crippen molar-refractivity contribution in [3.8, 4) is 0 Å². The Morgan fingerprint density at radius 1 is 1.36 bits per heavy atom. The molecule has 0 aliphatic heterocycles. The SMILES string of the molecule is CCOC(=O)CCc1ncc(CO[Si](C)(C)C(C)(C)C)n1C. The van der Waals surface area contributed by atoms with Crippen molar-refractivity contribution >= 4 is 14.3 Å². The fourth-order valence-electron chi connectivity index (χ4n) is 1.77. The Kier molecular flexibility index (Phi) is 6.37. The molecule has 0 amide bonds. The van der Waals surface area contributed by atoms with Gasteiger partial charge in [0.1, 0.15) is 5.82 Å². The Labute approximate surface area is 135 Å². The topological polar surface area (TPSA) is 53.4 Å². The first-order valence-corrected chi connectivity index (χ1v) is 10.8. The lowest BCUT2D eigenvalue weighted by molar-refractivity contribution is -0.143. The Bertz CT molecular complexity index is 504. The maximum atomic E-state index is 11.4. The largest absolute Gasteiger partial charge is 0.466 e. The normalized spacial score (nSPS) is 12.5. The lowest BCUT2D eigenvalue weighted by atomic mass is 10.2. The van der Waals surface area contributed by atoms with E-state index in [-0.39, 0.29) is 11.0 Å². The van der Waals surface area contributed by atoms with Crippen LogP contribution in [0, 0.1) is 0 Å². The van der Waals surface area contributed by atoms with E-state index < -0.39 is 8.32 Å². The smallest absolute Gasteiger partial charge is 0.306 e. The Balaban J connectivity index is 2.62. The van der Waals surface area contributed by atoms with Crippen molar-refractivity contribution in [2.75, 3.05) is 6.61 Å². The highest BCUT2D eigenvalue weighted by molar-refractivity contribution is 6.74. The van der Waals surface area contributed by atoms with Crippen LogP contribution < -0.4 is 0 Å². The number of imidazole rings is 1. The second-order valence-corrected chi connectivity index (χ2v) is 11.9. The second-order valence-electron chi connectivity index (χ2n) is 7.08. The van der Waals surface area contributed by atoms with Crippen molar-refractivity contribution < 1.29 is 14.0 Å². The number of aromatic nitrogens is 2. The van der Waals surface area contributed by atoms with Crippen LogP contribution in [0.4, 0.5) is 0 Å². The molecule has 126 valence electrons. The van der Waals surface area contributed by atoms with Gasteiger partial charge in [-0.1, -0.05) is 20.8 Å². The van der Waals surface area contributed by atoms with Crippen LogP contribution in [0.5, 0.6) is 0 Å². The average molecular weight is 327 g/mol. The number of esters is 1. The minimum atomic E-state index is -1.76. The summed E-state index contributed by atoms with van der Waals surface area (Å²) in [4.78, 5) is 15.8. The zero-order valence-corrected chi connectivity index (χ0v) is 16.0. The van der Waals surface area contributed by atoms with Crippen LogP contribution in [0.25, 0.3) is 0 Å². The molecule has 0 aliphatic rings. The summed E-state index contributed by atoms with van der Waals surface area (Å²) in [5, 5.41) is 0.193. The van der Waals surface area contributed by atoms with E-state index in [4.69, 9.17) is 9.16 Å². The van der Waals surface area contributed by atoms with Crippen molar-refractivity contribution in [1.82, 2.24) is 9.55 Å². The maximum Gasteiger partial charge on any atom is 0.306 e. The molecule has 22 heavy (non-hydrogen) atoms. The number of hydrogen-bond acceptors (Lipinski definition) is 4. The standard InChI is InChI=1S/C16H30N2O3Si/c1-8-20-15(19)10-9-14-17-11-13(18(14)5)12-21-22(6,7)16(2,3)4/h11H,8-10,12H2,1-7H3. The van der Waals surface area contributed by atoms with Gasteiger partial charge in [0.2, 0.25) is 0 Å². The van der Waals surface area contributed by atoms with Crippen molar-refractivity contribution in [3.63, 3.8) is 0 Å². The van der Waals surface area contributed by atoms with E-state index in [0.29, 0.717) is 26.1 Å². The molecule has 1 aromatic rings. The zero-order valence-electron chi connectivity index (χ0n) is 15.0. The molecule has 1 heterocycles. The van der Waals surface area contributed by atoms with Crippen molar-refractivity contribution in [2.45, 2.75) is 65.3 Å². The van der Waals surface area contributed by atoms with Gasteiger partial charge in [-0.05, 0) is 25.1 Å². The van der Waals surface area contributed by atoms with Gasteiger partial charge in [-0.15, -0.1) is 0 Å². The molecule has 0 fully saturated rings. The Morgan fingerprint density at radius 2 is 2.00 bits per heavy atom. The predicted molar refractivity (Wildman–Crippen MR) is 90.1 cm³/mol. The first-order chi connectivity index (χ1) is 10.1. The molecule has 0 saturated carbocycles. The number of aryl methyl sites for hydroxylation is 1. The van der Waals surface area contributed by atoms with Crippen LogP contribution in [0.2, 0.25) is 18.1 Å². The minimum Gasteiger partial charge on any atom is -0.466 e. The summed E-state index contributed by atoms with van der Waals surface area (Å²) in [6, 6.07) is 0. The maximum absolute atomic E-state index is 11.4. The van der Waals surface area contributed by atoms with Crippen LogP contribution in [0.3, 0.4) is 0 Å². The molecule has 0 N–H and O–H groups in total. The third kappa shape index (κ3) is 4.95. The van der Waals surface area contributed by atoms with Gasteiger partial charge < -0.3 is 13.7 Å². The van der Waals surface area contributed by atoms with Crippen molar-refractivity contribution in [3.05, 3.63) is 17.7 Å². The number of hydrogen-bond donors (Lipinski definition) is 0. The molecule has 0 radical (unpaired) electrons. The highest BCUT2D eigenvalue weighted by Gasteiger charge is 2.37. The summed E-state index contributed by atoms with van der Waals surface area (Å²) in [6.45, 7) is 14.0. The fraction of sp³-hybridized carbons (Fsp3) is 0.750. The average Bonchev–Trinajstić information content (AvgIpc) is 2.74. The summed E-state index contributed by atoms with van der Waals surface area (Å²) < 4.78 is 13.2. The summed E-state index contributed by atoms with van der Waals surface area (Å²) >= 11 is 0. The number of carbonyl (C=O) groups excluding carboxylic acids is 1. The number of carbonyl (C=O) groups is 1. The van der Waals surface area contributed by atoms with E-state index in [1.807, 2.05) is 24.7 Å². The number of rotatable bonds is 7. The van der Waals surface area contributed by atoms with E-state index in [9.17, 15) is 4.79 Å². The zero-order chi connectivity index (χ0) is 17.0. The molecule has 0 saturated heterocycles. The first-order valence-electron chi connectivity index (χ1n) is 7.87. The third-order valence-corrected chi connectivity index (χ3v) is 8.90.